The normalized spacial score (nSPS) is 18.4. The molecule has 1 heterocycles. The summed E-state index contributed by atoms with van der Waals surface area (Å²) in [4.78, 5) is 17.5. The second-order valence-corrected chi connectivity index (χ2v) is 13.7. The molecule has 0 aromatic heterocycles. The number of aliphatic imine (C=N–C) groups is 1. The minimum Gasteiger partial charge on any atom is -0.405 e. The average Bonchev–Trinajstić information content (AvgIpc) is 3.20. The molecule has 1 atom stereocenters. The van der Waals surface area contributed by atoms with E-state index in [1.54, 1.807) is 50.2 Å². The van der Waals surface area contributed by atoms with Gasteiger partial charge >= 0.3 is 5.97 Å². The van der Waals surface area contributed by atoms with Gasteiger partial charge < -0.3 is 4.74 Å². The number of carbonyl (C=O) groups is 1. The van der Waals surface area contributed by atoms with Crippen molar-refractivity contribution in [3.05, 3.63) is 95.5 Å². The van der Waals surface area contributed by atoms with Crippen molar-refractivity contribution >= 4 is 43.1 Å². The number of carbonyl (C=O) groups excluding carboxylic acids is 1. The molecule has 0 amide bonds. The summed E-state index contributed by atoms with van der Waals surface area (Å²) in [6.45, 7) is 3.34. The Morgan fingerprint density at radius 3 is 1.75 bits per heavy atom. The number of hydrogen-bond acceptors (Lipinski definition) is 7. The van der Waals surface area contributed by atoms with Crippen LogP contribution in [0.2, 0.25) is 5.02 Å². The summed E-state index contributed by atoms with van der Waals surface area (Å²) >= 11 is 6.27. The molecule has 0 saturated heterocycles. The number of cyclic esters (lactones) is 1. The molecule has 0 radical (unpaired) electrons. The Labute approximate surface area is 215 Å². The van der Waals surface area contributed by atoms with Gasteiger partial charge in [-0.2, -0.15) is 0 Å². The van der Waals surface area contributed by atoms with E-state index >= 15 is 0 Å². The van der Waals surface area contributed by atoms with Crippen molar-refractivity contribution in [1.82, 2.24) is 0 Å². The van der Waals surface area contributed by atoms with Gasteiger partial charge in [0.1, 0.15) is 0 Å². The molecular weight excluding hydrogens is 522 g/mol. The van der Waals surface area contributed by atoms with E-state index in [0.29, 0.717) is 5.56 Å². The Morgan fingerprint density at radius 2 is 1.28 bits per heavy atom. The number of nitrogens with zero attached hydrogens (tertiary/aromatic N) is 1. The number of hydrogen-bond donors (Lipinski definition) is 0. The van der Waals surface area contributed by atoms with Crippen LogP contribution in [-0.2, 0) is 29.2 Å². The first-order valence-electron chi connectivity index (χ1n) is 11.1. The lowest BCUT2D eigenvalue weighted by Gasteiger charge is -2.30. The van der Waals surface area contributed by atoms with E-state index in [-0.39, 0.29) is 20.7 Å². The van der Waals surface area contributed by atoms with Crippen molar-refractivity contribution in [2.45, 2.75) is 40.2 Å². The molecule has 1 aliphatic heterocycles. The summed E-state index contributed by atoms with van der Waals surface area (Å²) in [5, 5.41) is 0.286. The van der Waals surface area contributed by atoms with Crippen LogP contribution in [0.15, 0.2) is 99.7 Å². The number of rotatable bonds is 8. The van der Waals surface area contributed by atoms with Gasteiger partial charge in [-0.15, -0.1) is 0 Å². The summed E-state index contributed by atoms with van der Waals surface area (Å²) in [6, 6.07) is 21.2. The largest absolute Gasteiger partial charge is 0.405 e. The molecule has 0 fully saturated rings. The van der Waals surface area contributed by atoms with Crippen molar-refractivity contribution in [1.29, 1.82) is 0 Å². The zero-order valence-electron chi connectivity index (χ0n) is 19.5. The van der Waals surface area contributed by atoms with E-state index < -0.39 is 48.1 Å². The van der Waals surface area contributed by atoms with E-state index in [0.717, 1.165) is 0 Å². The van der Waals surface area contributed by atoms with Gasteiger partial charge in [0.2, 0.25) is 5.90 Å². The van der Waals surface area contributed by atoms with Gasteiger partial charge in [0, 0.05) is 6.42 Å². The number of benzene rings is 3. The van der Waals surface area contributed by atoms with Crippen LogP contribution in [0.4, 0.5) is 0 Å². The van der Waals surface area contributed by atoms with Crippen molar-refractivity contribution in [2.75, 3.05) is 0 Å². The first-order chi connectivity index (χ1) is 17.0. The molecule has 0 bridgehead atoms. The fourth-order valence-corrected chi connectivity index (χ4v) is 8.91. The van der Waals surface area contributed by atoms with Gasteiger partial charge in [-0.05, 0) is 42.3 Å². The van der Waals surface area contributed by atoms with Crippen LogP contribution in [-0.4, -0.2) is 38.8 Å². The third-order valence-corrected chi connectivity index (χ3v) is 11.6. The summed E-state index contributed by atoms with van der Waals surface area (Å²) < 4.78 is 58.7. The van der Waals surface area contributed by atoms with Gasteiger partial charge in [-0.25, -0.2) is 26.6 Å². The average molecular weight is 546 g/mol. The van der Waals surface area contributed by atoms with E-state index in [9.17, 15) is 21.6 Å². The Bertz CT molecular complexity index is 1450. The molecule has 188 valence electrons. The molecule has 1 aliphatic rings. The SMILES string of the molecule is CC(C)[C@]1(CC(S(=O)(=O)c2ccccc2)S(=O)(=O)c2ccccc2)N=C(c2ccccc2Cl)OC1=O. The smallest absolute Gasteiger partial charge is 0.341 e. The highest BCUT2D eigenvalue weighted by molar-refractivity contribution is 8.09. The van der Waals surface area contributed by atoms with E-state index in [4.69, 9.17) is 16.3 Å². The molecule has 0 aliphatic carbocycles. The summed E-state index contributed by atoms with van der Waals surface area (Å²) in [7, 11) is -8.94. The second kappa shape index (κ2) is 9.80. The zero-order chi connectivity index (χ0) is 26.1. The predicted molar refractivity (Wildman–Crippen MR) is 137 cm³/mol. The molecule has 0 unspecified atom stereocenters. The summed E-state index contributed by atoms with van der Waals surface area (Å²) in [6.07, 6.45) is -0.633. The third-order valence-electron chi connectivity index (χ3n) is 6.22. The lowest BCUT2D eigenvalue weighted by atomic mass is 9.85. The lowest BCUT2D eigenvalue weighted by molar-refractivity contribution is -0.140. The third kappa shape index (κ3) is 4.58. The highest BCUT2D eigenvalue weighted by atomic mass is 35.5. The maximum atomic E-state index is 13.8. The van der Waals surface area contributed by atoms with E-state index in [2.05, 4.69) is 4.99 Å². The topological polar surface area (TPSA) is 107 Å². The molecule has 36 heavy (non-hydrogen) atoms. The Hall–Kier alpha value is -3.01. The monoisotopic (exact) mass is 545 g/mol. The number of sulfone groups is 2. The molecule has 0 saturated carbocycles. The van der Waals surface area contributed by atoms with Gasteiger partial charge in [0.25, 0.3) is 0 Å². The van der Waals surface area contributed by atoms with E-state index in [1.807, 2.05) is 0 Å². The highest BCUT2D eigenvalue weighted by Gasteiger charge is 2.55. The first kappa shape index (κ1) is 26.1. The maximum Gasteiger partial charge on any atom is 0.341 e. The van der Waals surface area contributed by atoms with E-state index in [1.165, 1.54) is 48.5 Å². The van der Waals surface area contributed by atoms with Crippen LogP contribution in [0.1, 0.15) is 25.8 Å². The standard InChI is InChI=1S/C26H24ClNO6S2/c1-18(2)26(25(29)34-24(28-26)21-15-9-10-16-22(21)27)17-23(35(30,31)19-11-5-3-6-12-19)36(32,33)20-13-7-4-8-14-20/h3-16,18,23H,17H2,1-2H3/t26-/m0/s1. The maximum absolute atomic E-state index is 13.8. The number of halogens is 1. The van der Waals surface area contributed by atoms with Crippen LogP contribution < -0.4 is 0 Å². The molecule has 10 heteroatoms. The van der Waals surface area contributed by atoms with Crippen LogP contribution in [0, 0.1) is 5.92 Å². The molecular formula is C26H24ClNO6S2. The minimum atomic E-state index is -4.47. The molecule has 3 aromatic carbocycles. The highest BCUT2D eigenvalue weighted by Crippen LogP contribution is 2.40. The van der Waals surface area contributed by atoms with Crippen LogP contribution in [0.5, 0.6) is 0 Å². The fourth-order valence-electron chi connectivity index (χ4n) is 4.07. The lowest BCUT2D eigenvalue weighted by Crippen LogP contribution is -2.46. The van der Waals surface area contributed by atoms with Gasteiger partial charge in [-0.1, -0.05) is 74.0 Å². The summed E-state index contributed by atoms with van der Waals surface area (Å²) in [5.74, 6) is -1.50. The summed E-state index contributed by atoms with van der Waals surface area (Å²) in [5.41, 5.74) is -1.42. The van der Waals surface area contributed by atoms with Gasteiger partial charge in [0.15, 0.2) is 29.8 Å². The predicted octanol–water partition coefficient (Wildman–Crippen LogP) is 4.70. The van der Waals surface area contributed by atoms with Crippen LogP contribution in [0.3, 0.4) is 0 Å². The molecule has 0 N–H and O–H groups in total. The Morgan fingerprint density at radius 1 is 0.806 bits per heavy atom. The Kier molecular flexibility index (Phi) is 7.10. The van der Waals surface area contributed by atoms with Gasteiger partial charge in [-0.3, -0.25) is 0 Å². The molecule has 0 spiro atoms. The zero-order valence-corrected chi connectivity index (χ0v) is 21.9. The molecule has 4 rings (SSSR count). The van der Waals surface area contributed by atoms with Gasteiger partial charge in [0.05, 0.1) is 20.4 Å². The first-order valence-corrected chi connectivity index (χ1v) is 14.6. The van der Waals surface area contributed by atoms with Crippen molar-refractivity contribution in [2.24, 2.45) is 10.9 Å². The van der Waals surface area contributed by atoms with Crippen molar-refractivity contribution < 1.29 is 26.4 Å². The van der Waals surface area contributed by atoms with Crippen molar-refractivity contribution in [3.63, 3.8) is 0 Å². The second-order valence-electron chi connectivity index (χ2n) is 8.72. The fraction of sp³-hybridized carbons (Fsp3) is 0.231. The Balaban J connectivity index is 1.91. The van der Waals surface area contributed by atoms with Crippen LogP contribution >= 0.6 is 11.6 Å². The molecule has 3 aromatic rings. The number of esters is 1. The quantitative estimate of drug-likeness (QED) is 0.380. The van der Waals surface area contributed by atoms with Crippen LogP contribution in [0.25, 0.3) is 0 Å². The molecule has 7 nitrogen and oxygen atoms in total. The van der Waals surface area contributed by atoms with Crippen molar-refractivity contribution in [3.8, 4) is 0 Å². The minimum absolute atomic E-state index is 0.0766. The number of ether oxygens (including phenoxy) is 1.